The number of aromatic nitrogens is 1. The van der Waals surface area contributed by atoms with Crippen LogP contribution >= 0.6 is 0 Å². The molecule has 2 N–H and O–H groups in total. The fourth-order valence-electron chi connectivity index (χ4n) is 2.08. The Kier molecular flexibility index (Phi) is 4.66. The number of hydrogen-bond acceptors (Lipinski definition) is 3. The van der Waals surface area contributed by atoms with Gasteiger partial charge >= 0.3 is 5.97 Å². The summed E-state index contributed by atoms with van der Waals surface area (Å²) in [5.41, 5.74) is 1.61. The lowest BCUT2D eigenvalue weighted by atomic mass is 10.0. The monoisotopic (exact) mass is 284 g/mol. The molecule has 5 heteroatoms. The van der Waals surface area contributed by atoms with Gasteiger partial charge in [-0.05, 0) is 36.2 Å². The van der Waals surface area contributed by atoms with Crippen molar-refractivity contribution in [2.24, 2.45) is 0 Å². The molecule has 1 amide bonds. The van der Waals surface area contributed by atoms with Crippen LogP contribution in [0.15, 0.2) is 48.8 Å². The molecule has 0 aliphatic carbocycles. The molecule has 21 heavy (non-hydrogen) atoms. The second kappa shape index (κ2) is 6.65. The van der Waals surface area contributed by atoms with Gasteiger partial charge in [0.1, 0.15) is 0 Å². The quantitative estimate of drug-likeness (QED) is 0.882. The van der Waals surface area contributed by atoms with Crippen molar-refractivity contribution < 1.29 is 14.7 Å². The summed E-state index contributed by atoms with van der Waals surface area (Å²) >= 11 is 0. The first kappa shape index (κ1) is 14.7. The van der Waals surface area contributed by atoms with Gasteiger partial charge in [0.2, 0.25) is 5.91 Å². The normalized spacial score (nSPS) is 11.7. The number of amides is 1. The van der Waals surface area contributed by atoms with E-state index >= 15 is 0 Å². The first-order valence-electron chi connectivity index (χ1n) is 6.58. The van der Waals surface area contributed by atoms with E-state index in [1.807, 2.05) is 19.1 Å². The Hall–Kier alpha value is -2.69. The molecule has 2 aromatic rings. The van der Waals surface area contributed by atoms with Crippen LogP contribution in [-0.4, -0.2) is 22.0 Å². The number of benzene rings is 1. The number of rotatable bonds is 5. The van der Waals surface area contributed by atoms with Gasteiger partial charge < -0.3 is 10.4 Å². The molecule has 1 unspecified atom stereocenters. The van der Waals surface area contributed by atoms with Crippen molar-refractivity contribution in [1.29, 1.82) is 0 Å². The third-order valence-electron chi connectivity index (χ3n) is 3.18. The summed E-state index contributed by atoms with van der Waals surface area (Å²) in [6.07, 6.45) is 3.37. The largest absolute Gasteiger partial charge is 0.478 e. The lowest BCUT2D eigenvalue weighted by molar-refractivity contribution is -0.121. The number of carboxylic acids is 1. The average molecular weight is 284 g/mol. The lowest BCUT2D eigenvalue weighted by Gasteiger charge is -2.14. The highest BCUT2D eigenvalue weighted by Crippen LogP contribution is 2.13. The molecule has 2 rings (SSSR count). The zero-order valence-corrected chi connectivity index (χ0v) is 11.6. The maximum Gasteiger partial charge on any atom is 0.335 e. The fraction of sp³-hybridized carbons (Fsp3) is 0.188. The molecule has 0 bridgehead atoms. The molecule has 108 valence electrons. The maximum atomic E-state index is 12.1. The van der Waals surface area contributed by atoms with Crippen molar-refractivity contribution in [2.75, 3.05) is 0 Å². The van der Waals surface area contributed by atoms with Crippen LogP contribution in [0.25, 0.3) is 0 Å². The summed E-state index contributed by atoms with van der Waals surface area (Å²) in [6.45, 7) is 1.87. The number of carbonyl (C=O) groups is 2. The van der Waals surface area contributed by atoms with Gasteiger partial charge in [0.25, 0.3) is 0 Å². The Balaban J connectivity index is 2.04. The number of nitrogens with one attached hydrogen (secondary N) is 1. The molecule has 0 aliphatic heterocycles. The maximum absolute atomic E-state index is 12.1. The summed E-state index contributed by atoms with van der Waals surface area (Å²) in [4.78, 5) is 27.1. The highest BCUT2D eigenvalue weighted by atomic mass is 16.4. The second-order valence-electron chi connectivity index (χ2n) is 4.71. The molecule has 1 atom stereocenters. The average Bonchev–Trinajstić information content (AvgIpc) is 2.48. The number of carbonyl (C=O) groups excluding carboxylic acids is 1. The predicted molar refractivity (Wildman–Crippen MR) is 77.9 cm³/mol. The Labute approximate surface area is 122 Å². The SMILES string of the molecule is CC(NC(=O)Cc1ccccc1C(=O)O)c1ccncc1. The highest BCUT2D eigenvalue weighted by molar-refractivity contribution is 5.91. The van der Waals surface area contributed by atoms with Crippen molar-refractivity contribution in [1.82, 2.24) is 10.3 Å². The molecule has 1 aromatic carbocycles. The second-order valence-corrected chi connectivity index (χ2v) is 4.71. The Morgan fingerprint density at radius 2 is 1.86 bits per heavy atom. The molecule has 5 nitrogen and oxygen atoms in total. The summed E-state index contributed by atoms with van der Waals surface area (Å²) in [7, 11) is 0. The summed E-state index contributed by atoms with van der Waals surface area (Å²) in [6, 6.07) is 10.0. The van der Waals surface area contributed by atoms with Gasteiger partial charge in [-0.1, -0.05) is 18.2 Å². The minimum Gasteiger partial charge on any atom is -0.478 e. The minimum absolute atomic E-state index is 0.0396. The van der Waals surface area contributed by atoms with Gasteiger partial charge in [0.05, 0.1) is 18.0 Å². The molecule has 1 aromatic heterocycles. The number of nitrogens with zero attached hydrogens (tertiary/aromatic N) is 1. The van der Waals surface area contributed by atoms with E-state index in [9.17, 15) is 9.59 Å². The van der Waals surface area contributed by atoms with E-state index in [-0.39, 0.29) is 23.9 Å². The van der Waals surface area contributed by atoms with Crippen LogP contribution in [0, 0.1) is 0 Å². The Morgan fingerprint density at radius 3 is 2.52 bits per heavy atom. The Bertz CT molecular complexity index is 641. The summed E-state index contributed by atoms with van der Waals surface area (Å²) in [5, 5.41) is 12.0. The van der Waals surface area contributed by atoms with Crippen molar-refractivity contribution in [3.63, 3.8) is 0 Å². The molecular formula is C16H16N2O3. The van der Waals surface area contributed by atoms with Crippen LogP contribution in [0.5, 0.6) is 0 Å². The van der Waals surface area contributed by atoms with Gasteiger partial charge in [0, 0.05) is 12.4 Å². The first-order valence-corrected chi connectivity index (χ1v) is 6.58. The number of carboxylic acid groups (broad SMARTS) is 1. The van der Waals surface area contributed by atoms with Crippen LogP contribution in [0.2, 0.25) is 0 Å². The predicted octanol–water partition coefficient (Wildman–Crippen LogP) is 2.20. The lowest BCUT2D eigenvalue weighted by Crippen LogP contribution is -2.28. The van der Waals surface area contributed by atoms with Gasteiger partial charge in [-0.15, -0.1) is 0 Å². The number of pyridine rings is 1. The fourth-order valence-corrected chi connectivity index (χ4v) is 2.08. The van der Waals surface area contributed by atoms with Crippen molar-refractivity contribution >= 4 is 11.9 Å². The van der Waals surface area contributed by atoms with Crippen LogP contribution < -0.4 is 5.32 Å². The number of aromatic carboxylic acids is 1. The van der Waals surface area contributed by atoms with Crippen molar-refractivity contribution in [3.8, 4) is 0 Å². The third kappa shape index (κ3) is 3.89. The standard InChI is InChI=1S/C16H16N2O3/c1-11(12-6-8-17-9-7-12)18-15(19)10-13-4-2-3-5-14(13)16(20)21/h2-9,11H,10H2,1H3,(H,18,19)(H,20,21). The van der Waals surface area contributed by atoms with Gasteiger partial charge in [-0.3, -0.25) is 9.78 Å². The highest BCUT2D eigenvalue weighted by Gasteiger charge is 2.14. The van der Waals surface area contributed by atoms with Gasteiger partial charge in [0.15, 0.2) is 0 Å². The first-order chi connectivity index (χ1) is 10.1. The summed E-state index contributed by atoms with van der Waals surface area (Å²) in [5.74, 6) is -1.24. The van der Waals surface area contributed by atoms with Crippen LogP contribution in [0.4, 0.5) is 0 Å². The number of hydrogen-bond donors (Lipinski definition) is 2. The van der Waals surface area contributed by atoms with Crippen LogP contribution in [0.1, 0.15) is 34.5 Å². The van der Waals surface area contributed by atoms with Crippen molar-refractivity contribution in [2.45, 2.75) is 19.4 Å². The van der Waals surface area contributed by atoms with E-state index in [0.717, 1.165) is 5.56 Å². The zero-order valence-electron chi connectivity index (χ0n) is 11.6. The Morgan fingerprint density at radius 1 is 1.19 bits per heavy atom. The van der Waals surface area contributed by atoms with Gasteiger partial charge in [-0.2, -0.15) is 0 Å². The molecule has 0 aliphatic rings. The molecule has 1 heterocycles. The van der Waals surface area contributed by atoms with Gasteiger partial charge in [-0.25, -0.2) is 4.79 Å². The topological polar surface area (TPSA) is 79.3 Å². The van der Waals surface area contributed by atoms with Crippen molar-refractivity contribution in [3.05, 3.63) is 65.5 Å². The zero-order chi connectivity index (χ0) is 15.2. The van der Waals surface area contributed by atoms with E-state index in [1.54, 1.807) is 30.6 Å². The molecule has 0 saturated heterocycles. The van der Waals surface area contributed by atoms with Crippen LogP contribution in [-0.2, 0) is 11.2 Å². The molecule has 0 saturated carbocycles. The van der Waals surface area contributed by atoms with E-state index in [1.165, 1.54) is 6.07 Å². The minimum atomic E-state index is -1.03. The van der Waals surface area contributed by atoms with E-state index in [4.69, 9.17) is 5.11 Å². The third-order valence-corrected chi connectivity index (χ3v) is 3.18. The smallest absolute Gasteiger partial charge is 0.335 e. The molecule has 0 spiro atoms. The molecule has 0 radical (unpaired) electrons. The molecule has 0 fully saturated rings. The van der Waals surface area contributed by atoms with E-state index in [2.05, 4.69) is 10.3 Å². The molecular weight excluding hydrogens is 268 g/mol. The summed E-state index contributed by atoms with van der Waals surface area (Å²) < 4.78 is 0. The van der Waals surface area contributed by atoms with E-state index < -0.39 is 5.97 Å². The van der Waals surface area contributed by atoms with Crippen LogP contribution in [0.3, 0.4) is 0 Å². The van der Waals surface area contributed by atoms with E-state index in [0.29, 0.717) is 5.56 Å².